The first-order valence-corrected chi connectivity index (χ1v) is 9.55. The van der Waals surface area contributed by atoms with Crippen LogP contribution in [0.25, 0.3) is 0 Å². The van der Waals surface area contributed by atoms with Gasteiger partial charge in [-0.3, -0.25) is 4.79 Å². The van der Waals surface area contributed by atoms with Gasteiger partial charge in [0, 0.05) is 25.2 Å². The number of nitrogens with zero attached hydrogens (tertiary/aromatic N) is 1. The maximum absolute atomic E-state index is 12.0. The summed E-state index contributed by atoms with van der Waals surface area (Å²) < 4.78 is 25.3. The molecular formula is C18H22N2O3S. The van der Waals surface area contributed by atoms with Crippen molar-refractivity contribution in [3.8, 4) is 0 Å². The molecule has 0 spiro atoms. The first-order chi connectivity index (χ1) is 11.4. The average Bonchev–Trinajstić information content (AvgIpc) is 2.54. The van der Waals surface area contributed by atoms with E-state index in [0.29, 0.717) is 12.1 Å². The molecule has 6 heteroatoms. The molecule has 0 aliphatic rings. The highest BCUT2D eigenvalue weighted by atomic mass is 32.2. The molecule has 2 rings (SSSR count). The van der Waals surface area contributed by atoms with Crippen molar-refractivity contribution in [1.82, 2.24) is 9.62 Å². The quantitative estimate of drug-likeness (QED) is 0.836. The van der Waals surface area contributed by atoms with Crippen LogP contribution in [0.1, 0.15) is 21.5 Å². The van der Waals surface area contributed by atoms with E-state index in [-0.39, 0.29) is 19.0 Å². The molecule has 0 aromatic heterocycles. The Morgan fingerprint density at radius 1 is 1.08 bits per heavy atom. The summed E-state index contributed by atoms with van der Waals surface area (Å²) in [5.41, 5.74) is 2.57. The lowest BCUT2D eigenvalue weighted by atomic mass is 10.1. The summed E-state index contributed by atoms with van der Waals surface area (Å²) in [7, 11) is -3.36. The minimum absolute atomic E-state index is 0.209. The van der Waals surface area contributed by atoms with Crippen molar-refractivity contribution < 1.29 is 13.2 Å². The Morgan fingerprint density at radius 2 is 1.79 bits per heavy atom. The fourth-order valence-electron chi connectivity index (χ4n) is 2.36. The van der Waals surface area contributed by atoms with E-state index in [1.54, 1.807) is 24.3 Å². The van der Waals surface area contributed by atoms with Gasteiger partial charge < -0.3 is 5.32 Å². The number of benzene rings is 2. The van der Waals surface area contributed by atoms with Gasteiger partial charge in [0.05, 0.1) is 6.26 Å². The van der Waals surface area contributed by atoms with E-state index in [1.165, 1.54) is 10.6 Å². The van der Waals surface area contributed by atoms with Gasteiger partial charge in [-0.25, -0.2) is 8.42 Å². The van der Waals surface area contributed by atoms with Gasteiger partial charge in [0.2, 0.25) is 10.0 Å². The number of nitrogens with one attached hydrogen (secondary N) is 1. The molecule has 1 N–H and O–H groups in total. The largest absolute Gasteiger partial charge is 0.351 e. The minimum atomic E-state index is -3.36. The van der Waals surface area contributed by atoms with Crippen molar-refractivity contribution in [2.75, 3.05) is 19.3 Å². The predicted octanol–water partition coefficient (Wildman–Crippen LogP) is 2.19. The lowest BCUT2D eigenvalue weighted by Gasteiger charge is -2.20. The number of sulfonamides is 1. The van der Waals surface area contributed by atoms with Crippen molar-refractivity contribution in [3.05, 3.63) is 71.3 Å². The molecule has 0 atom stereocenters. The Morgan fingerprint density at radius 3 is 2.42 bits per heavy atom. The summed E-state index contributed by atoms with van der Waals surface area (Å²) in [5.74, 6) is -0.209. The van der Waals surface area contributed by atoms with E-state index >= 15 is 0 Å². The van der Waals surface area contributed by atoms with Gasteiger partial charge >= 0.3 is 0 Å². The van der Waals surface area contributed by atoms with Crippen LogP contribution >= 0.6 is 0 Å². The molecule has 24 heavy (non-hydrogen) atoms. The van der Waals surface area contributed by atoms with Crippen molar-refractivity contribution in [2.45, 2.75) is 13.5 Å². The Bertz CT molecular complexity index is 789. The summed E-state index contributed by atoms with van der Waals surface area (Å²) in [5, 5.41) is 2.75. The number of hydrogen-bond acceptors (Lipinski definition) is 3. The van der Waals surface area contributed by atoms with Crippen molar-refractivity contribution in [3.63, 3.8) is 0 Å². The molecule has 0 bridgehead atoms. The van der Waals surface area contributed by atoms with Crippen LogP contribution in [-0.2, 0) is 16.6 Å². The lowest BCUT2D eigenvalue weighted by molar-refractivity contribution is 0.0951. The first kappa shape index (κ1) is 18.2. The van der Waals surface area contributed by atoms with Gasteiger partial charge in [-0.2, -0.15) is 4.31 Å². The van der Waals surface area contributed by atoms with Crippen LogP contribution in [0.4, 0.5) is 0 Å². The highest BCUT2D eigenvalue weighted by Gasteiger charge is 2.17. The molecule has 0 radical (unpaired) electrons. The second-order valence-electron chi connectivity index (χ2n) is 5.71. The SMILES string of the molecule is Cc1cccc(CN(CCNC(=O)c2ccccc2)S(C)(=O)=O)c1. The smallest absolute Gasteiger partial charge is 0.251 e. The highest BCUT2D eigenvalue weighted by molar-refractivity contribution is 7.88. The maximum atomic E-state index is 12.0. The van der Waals surface area contributed by atoms with Crippen molar-refractivity contribution >= 4 is 15.9 Å². The standard InChI is InChI=1S/C18H22N2O3S/c1-15-7-6-8-16(13-15)14-20(24(2,22)23)12-11-19-18(21)17-9-4-3-5-10-17/h3-10,13H,11-12,14H2,1-2H3,(H,19,21). The van der Waals surface area contributed by atoms with E-state index in [4.69, 9.17) is 0 Å². The summed E-state index contributed by atoms with van der Waals surface area (Å²) in [6.45, 7) is 2.74. The van der Waals surface area contributed by atoms with Gasteiger partial charge in [0.25, 0.3) is 5.91 Å². The third kappa shape index (κ3) is 5.47. The molecule has 0 unspecified atom stereocenters. The Labute approximate surface area is 143 Å². The highest BCUT2D eigenvalue weighted by Crippen LogP contribution is 2.10. The Hall–Kier alpha value is -2.18. The number of rotatable bonds is 7. The number of carbonyl (C=O) groups excluding carboxylic acids is 1. The molecule has 2 aromatic rings. The van der Waals surface area contributed by atoms with Gasteiger partial charge in [-0.05, 0) is 24.6 Å². The minimum Gasteiger partial charge on any atom is -0.351 e. The molecule has 0 aliphatic carbocycles. The summed E-state index contributed by atoms with van der Waals surface area (Å²) in [6.07, 6.45) is 1.18. The average molecular weight is 346 g/mol. The Balaban J connectivity index is 1.96. The van der Waals surface area contributed by atoms with Crippen LogP contribution in [0.3, 0.4) is 0 Å². The zero-order chi connectivity index (χ0) is 17.6. The molecule has 0 saturated carbocycles. The van der Waals surface area contributed by atoms with Gasteiger partial charge in [0.1, 0.15) is 0 Å². The molecule has 0 fully saturated rings. The summed E-state index contributed by atoms with van der Waals surface area (Å²) >= 11 is 0. The first-order valence-electron chi connectivity index (χ1n) is 7.70. The Kier molecular flexibility index (Phi) is 6.11. The molecule has 2 aromatic carbocycles. The van der Waals surface area contributed by atoms with E-state index in [9.17, 15) is 13.2 Å². The maximum Gasteiger partial charge on any atom is 0.251 e. The van der Waals surface area contributed by atoms with Crippen molar-refractivity contribution in [1.29, 1.82) is 0 Å². The van der Waals surface area contributed by atoms with Gasteiger partial charge in [0.15, 0.2) is 0 Å². The summed E-state index contributed by atoms with van der Waals surface area (Å²) in [4.78, 5) is 12.0. The molecule has 0 heterocycles. The van der Waals surface area contributed by atoms with Gasteiger partial charge in [-0.1, -0.05) is 48.0 Å². The van der Waals surface area contributed by atoms with E-state index < -0.39 is 10.0 Å². The predicted molar refractivity (Wildman–Crippen MR) is 95.2 cm³/mol. The molecule has 0 saturated heterocycles. The molecule has 0 aliphatic heterocycles. The second-order valence-corrected chi connectivity index (χ2v) is 7.69. The monoisotopic (exact) mass is 346 g/mol. The number of hydrogen-bond donors (Lipinski definition) is 1. The third-order valence-electron chi connectivity index (χ3n) is 3.59. The van der Waals surface area contributed by atoms with Gasteiger partial charge in [-0.15, -0.1) is 0 Å². The summed E-state index contributed by atoms with van der Waals surface area (Å²) in [6, 6.07) is 16.6. The van der Waals surface area contributed by atoms with E-state index in [1.807, 2.05) is 37.3 Å². The molecule has 1 amide bonds. The van der Waals surface area contributed by atoms with Crippen molar-refractivity contribution in [2.24, 2.45) is 0 Å². The van der Waals surface area contributed by atoms with Crippen LogP contribution in [0.2, 0.25) is 0 Å². The molecule has 5 nitrogen and oxygen atoms in total. The number of aryl methyl sites for hydroxylation is 1. The second kappa shape index (κ2) is 8.08. The van der Waals surface area contributed by atoms with Crippen LogP contribution in [0, 0.1) is 6.92 Å². The van der Waals surface area contributed by atoms with Crippen LogP contribution in [0.5, 0.6) is 0 Å². The normalized spacial score (nSPS) is 11.5. The zero-order valence-electron chi connectivity index (χ0n) is 13.9. The fraction of sp³-hybridized carbons (Fsp3) is 0.278. The van der Waals surface area contributed by atoms with Crippen LogP contribution in [0.15, 0.2) is 54.6 Å². The fourth-order valence-corrected chi connectivity index (χ4v) is 3.17. The van der Waals surface area contributed by atoms with E-state index in [2.05, 4.69) is 5.32 Å². The van der Waals surface area contributed by atoms with Crippen LogP contribution in [-0.4, -0.2) is 38.0 Å². The lowest BCUT2D eigenvalue weighted by Crippen LogP contribution is -2.37. The molecule has 128 valence electrons. The van der Waals surface area contributed by atoms with E-state index in [0.717, 1.165) is 11.1 Å². The topological polar surface area (TPSA) is 66.5 Å². The molecular weight excluding hydrogens is 324 g/mol. The number of amides is 1. The van der Waals surface area contributed by atoms with Crippen LogP contribution < -0.4 is 5.32 Å². The zero-order valence-corrected chi connectivity index (χ0v) is 14.7. The third-order valence-corrected chi connectivity index (χ3v) is 4.84. The number of carbonyl (C=O) groups is 1.